The molecule has 156 valence electrons. The van der Waals surface area contributed by atoms with Gasteiger partial charge in [0.05, 0.1) is 9.78 Å². The highest BCUT2D eigenvalue weighted by atomic mass is 32.2. The number of rotatable bonds is 7. The minimum absolute atomic E-state index is 0.106. The van der Waals surface area contributed by atoms with E-state index in [2.05, 4.69) is 24.0 Å². The molecular formula is C23H28O4S2. The molecular weight excluding hydrogens is 404 g/mol. The van der Waals surface area contributed by atoms with Crippen LogP contribution in [0.15, 0.2) is 24.3 Å². The third kappa shape index (κ3) is 8.93. The Morgan fingerprint density at radius 2 is 1.86 bits per heavy atom. The highest BCUT2D eigenvalue weighted by molar-refractivity contribution is 8.09. The first-order valence-electron chi connectivity index (χ1n) is 9.82. The quantitative estimate of drug-likeness (QED) is 0.372. The monoisotopic (exact) mass is 432 g/mol. The summed E-state index contributed by atoms with van der Waals surface area (Å²) in [6.45, 7) is 8.31. The van der Waals surface area contributed by atoms with Gasteiger partial charge in [-0.3, -0.25) is 9.59 Å². The van der Waals surface area contributed by atoms with Crippen LogP contribution in [-0.4, -0.2) is 23.8 Å². The molecule has 1 aromatic rings. The third-order valence-electron chi connectivity index (χ3n) is 3.74. The fourth-order valence-corrected chi connectivity index (χ4v) is 4.42. The van der Waals surface area contributed by atoms with Crippen molar-refractivity contribution in [2.24, 2.45) is 11.8 Å². The topological polar surface area (TPSA) is 52.6 Å². The van der Waals surface area contributed by atoms with Crippen LogP contribution in [0.5, 0.6) is 0 Å². The van der Waals surface area contributed by atoms with Gasteiger partial charge in [0.15, 0.2) is 0 Å². The first-order valence-corrected chi connectivity index (χ1v) is 11.5. The third-order valence-corrected chi connectivity index (χ3v) is 6.05. The molecule has 0 aromatic carbocycles. The van der Waals surface area contributed by atoms with Gasteiger partial charge in [0.1, 0.15) is 12.9 Å². The molecule has 4 nitrogen and oxygen atoms in total. The van der Waals surface area contributed by atoms with Gasteiger partial charge in [0, 0.05) is 28.7 Å². The van der Waals surface area contributed by atoms with Crippen molar-refractivity contribution in [3.63, 3.8) is 0 Å². The molecule has 2 heterocycles. The lowest BCUT2D eigenvalue weighted by molar-refractivity contribution is -0.144. The van der Waals surface area contributed by atoms with Gasteiger partial charge in [-0.15, -0.1) is 23.1 Å². The van der Waals surface area contributed by atoms with Crippen LogP contribution in [0.1, 0.15) is 47.0 Å². The molecule has 1 atom stereocenters. The largest absolute Gasteiger partial charge is 0.465 e. The van der Waals surface area contributed by atoms with Crippen LogP contribution in [0.25, 0.3) is 11.2 Å². The molecule has 0 aliphatic carbocycles. The molecule has 0 bridgehead atoms. The zero-order valence-electron chi connectivity index (χ0n) is 17.4. The van der Waals surface area contributed by atoms with Crippen molar-refractivity contribution < 1.29 is 19.1 Å². The lowest BCUT2D eigenvalue weighted by Crippen LogP contribution is -2.08. The van der Waals surface area contributed by atoms with Crippen LogP contribution in [0.2, 0.25) is 0 Å². The first kappa shape index (κ1) is 23.3. The maximum Gasteiger partial charge on any atom is 0.310 e. The van der Waals surface area contributed by atoms with Gasteiger partial charge in [0.25, 0.3) is 0 Å². The molecule has 0 radical (unpaired) electrons. The average Bonchev–Trinajstić information content (AvgIpc) is 3.27. The fraction of sp³-hybridized carbons (Fsp3) is 0.478. The number of thiophene rings is 1. The van der Waals surface area contributed by atoms with Crippen LogP contribution >= 0.6 is 23.1 Å². The summed E-state index contributed by atoms with van der Waals surface area (Å²) in [6.07, 6.45) is 7.09. The second-order valence-electron chi connectivity index (χ2n) is 7.56. The van der Waals surface area contributed by atoms with Crippen molar-refractivity contribution in [3.8, 4) is 11.8 Å². The molecule has 0 saturated carbocycles. The van der Waals surface area contributed by atoms with Crippen LogP contribution in [-0.2, 0) is 19.1 Å². The second kappa shape index (κ2) is 11.9. The maximum absolute atomic E-state index is 11.7. The minimum Gasteiger partial charge on any atom is -0.465 e. The summed E-state index contributed by atoms with van der Waals surface area (Å²) >= 11 is 3.28. The summed E-state index contributed by atoms with van der Waals surface area (Å²) in [5.41, 5.74) is 0. The predicted octanol–water partition coefficient (Wildman–Crippen LogP) is 3.84. The van der Waals surface area contributed by atoms with E-state index in [0.29, 0.717) is 31.8 Å². The molecule has 0 N–H and O–H groups in total. The molecule has 29 heavy (non-hydrogen) atoms. The number of ether oxygens (including phenoxy) is 2. The Balaban J connectivity index is 1.84. The summed E-state index contributed by atoms with van der Waals surface area (Å²) in [5.74, 6) is 6.52. The van der Waals surface area contributed by atoms with E-state index in [1.54, 1.807) is 23.1 Å². The van der Waals surface area contributed by atoms with E-state index >= 15 is 0 Å². The second-order valence-corrected chi connectivity index (χ2v) is 9.86. The molecule has 1 aliphatic heterocycles. The highest BCUT2D eigenvalue weighted by Crippen LogP contribution is 2.30. The number of carbonyl (C=O) groups excluding carboxylic acids is 2. The molecule has 0 amide bonds. The maximum atomic E-state index is 11.7. The summed E-state index contributed by atoms with van der Waals surface area (Å²) in [7, 11) is 0. The van der Waals surface area contributed by atoms with Gasteiger partial charge in [-0.25, -0.2) is 0 Å². The Bertz CT molecular complexity index is 913. The number of thioether (sulfide) groups is 1. The van der Waals surface area contributed by atoms with Crippen LogP contribution < -0.4 is 9.06 Å². The lowest BCUT2D eigenvalue weighted by atomic mass is 10.1. The van der Waals surface area contributed by atoms with Crippen molar-refractivity contribution in [3.05, 3.63) is 33.3 Å². The van der Waals surface area contributed by atoms with E-state index in [9.17, 15) is 9.59 Å². The Hall–Kier alpha value is -1.97. The van der Waals surface area contributed by atoms with Crippen LogP contribution in [0, 0.1) is 23.7 Å². The Kier molecular flexibility index (Phi) is 9.56. The van der Waals surface area contributed by atoms with E-state index in [1.807, 2.05) is 39.8 Å². The zero-order valence-corrected chi connectivity index (χ0v) is 19.0. The summed E-state index contributed by atoms with van der Waals surface area (Å²) in [4.78, 5) is 24.3. The van der Waals surface area contributed by atoms with E-state index in [-0.39, 0.29) is 23.1 Å². The van der Waals surface area contributed by atoms with Gasteiger partial charge in [-0.2, -0.15) is 0 Å². The normalized spacial score (nSPS) is 18.1. The van der Waals surface area contributed by atoms with Gasteiger partial charge in [-0.1, -0.05) is 45.6 Å². The number of carbonyl (C=O) groups is 2. The first-order chi connectivity index (χ1) is 13.8. The molecule has 0 spiro atoms. The van der Waals surface area contributed by atoms with Gasteiger partial charge < -0.3 is 9.47 Å². The van der Waals surface area contributed by atoms with E-state index in [0.717, 1.165) is 14.0 Å². The molecule has 0 saturated heterocycles. The Labute approximate surface area is 181 Å². The molecule has 2 rings (SSSR count). The predicted molar refractivity (Wildman–Crippen MR) is 120 cm³/mol. The van der Waals surface area contributed by atoms with Crippen molar-refractivity contribution in [1.29, 1.82) is 0 Å². The molecule has 1 aliphatic rings. The van der Waals surface area contributed by atoms with Crippen LogP contribution in [0.4, 0.5) is 0 Å². The fourth-order valence-electron chi connectivity index (χ4n) is 2.44. The number of hydrogen-bond acceptors (Lipinski definition) is 6. The van der Waals surface area contributed by atoms with Crippen molar-refractivity contribution >= 4 is 46.2 Å². The SMILES string of the molecule is CC(C)CC(=O)OC=c1ccc(=C2C=CC(C#CCCOC(=O)CC(C)C)S2)s1. The zero-order chi connectivity index (χ0) is 21.2. The Morgan fingerprint density at radius 3 is 2.59 bits per heavy atom. The van der Waals surface area contributed by atoms with E-state index < -0.39 is 0 Å². The Morgan fingerprint density at radius 1 is 1.14 bits per heavy atom. The van der Waals surface area contributed by atoms with Crippen LogP contribution in [0.3, 0.4) is 0 Å². The molecule has 6 heteroatoms. The average molecular weight is 433 g/mol. The highest BCUT2D eigenvalue weighted by Gasteiger charge is 2.12. The molecule has 0 fully saturated rings. The van der Waals surface area contributed by atoms with E-state index in [1.165, 1.54) is 6.26 Å². The molecule has 1 aromatic heterocycles. The smallest absolute Gasteiger partial charge is 0.310 e. The van der Waals surface area contributed by atoms with Crippen molar-refractivity contribution in [2.75, 3.05) is 6.61 Å². The van der Waals surface area contributed by atoms with Gasteiger partial charge in [-0.05, 0) is 30.0 Å². The standard InChI is InChI=1S/C23H28O4S2/c1-16(2)13-22(24)26-12-6-5-7-18-8-10-20(28-18)21-11-9-19(29-21)15-27-23(25)14-17(3)4/h8-11,15-18H,6,12-14H2,1-4H3. The summed E-state index contributed by atoms with van der Waals surface area (Å²) in [5, 5.41) is 0.106. The minimum atomic E-state index is -0.206. The van der Waals surface area contributed by atoms with Crippen molar-refractivity contribution in [2.45, 2.75) is 52.2 Å². The van der Waals surface area contributed by atoms with E-state index in [4.69, 9.17) is 9.47 Å². The number of esters is 2. The van der Waals surface area contributed by atoms with Gasteiger partial charge >= 0.3 is 11.9 Å². The summed E-state index contributed by atoms with van der Waals surface area (Å²) < 4.78 is 12.4. The number of hydrogen-bond donors (Lipinski definition) is 0. The lowest BCUT2D eigenvalue weighted by Gasteiger charge is -2.04. The van der Waals surface area contributed by atoms with Gasteiger partial charge in [0.2, 0.25) is 0 Å². The summed E-state index contributed by atoms with van der Waals surface area (Å²) in [6, 6.07) is 3.98. The van der Waals surface area contributed by atoms with Crippen molar-refractivity contribution in [1.82, 2.24) is 0 Å². The molecule has 1 unspecified atom stereocenters.